The number of amides is 2. The SMILES string of the molecule is CS(=O)(=O)[O-].NC(N)=Nc1ccc(C(=O)Oc2ccc(SCCCCCN3C(=O)CCC3=O)cc2)cc1. The minimum absolute atomic E-state index is 0.0478. The van der Waals surface area contributed by atoms with Crippen LogP contribution in [0.1, 0.15) is 42.5 Å². The van der Waals surface area contributed by atoms with Gasteiger partial charge < -0.3 is 20.8 Å². The molecular formula is C24H29N4O7S2-. The molecule has 3 rings (SSSR count). The van der Waals surface area contributed by atoms with Crippen LogP contribution in [-0.4, -0.2) is 60.2 Å². The van der Waals surface area contributed by atoms with Crippen molar-refractivity contribution >= 4 is 51.3 Å². The molecule has 2 aromatic carbocycles. The van der Waals surface area contributed by atoms with Gasteiger partial charge in [0.05, 0.1) is 21.4 Å². The number of unbranched alkanes of at least 4 members (excludes halogenated alkanes) is 2. The highest BCUT2D eigenvalue weighted by Gasteiger charge is 2.27. The number of guanidine groups is 1. The van der Waals surface area contributed by atoms with Crippen molar-refractivity contribution in [2.24, 2.45) is 16.5 Å². The van der Waals surface area contributed by atoms with Crippen LogP contribution in [0.3, 0.4) is 0 Å². The molecule has 1 aliphatic heterocycles. The lowest BCUT2D eigenvalue weighted by Gasteiger charge is -2.13. The number of rotatable bonds is 10. The van der Waals surface area contributed by atoms with Gasteiger partial charge in [-0.15, -0.1) is 11.8 Å². The van der Waals surface area contributed by atoms with Gasteiger partial charge >= 0.3 is 5.97 Å². The maximum Gasteiger partial charge on any atom is 0.343 e. The second-order valence-electron chi connectivity index (χ2n) is 8.00. The molecule has 0 aliphatic carbocycles. The van der Waals surface area contributed by atoms with Gasteiger partial charge in [-0.05, 0) is 67.1 Å². The normalized spacial score (nSPS) is 13.1. The van der Waals surface area contributed by atoms with Crippen LogP contribution in [0, 0.1) is 0 Å². The number of thioether (sulfide) groups is 1. The van der Waals surface area contributed by atoms with Gasteiger partial charge in [-0.1, -0.05) is 6.42 Å². The van der Waals surface area contributed by atoms with Gasteiger partial charge in [0.1, 0.15) is 5.75 Å². The highest BCUT2D eigenvalue weighted by atomic mass is 32.2. The van der Waals surface area contributed by atoms with E-state index in [1.165, 1.54) is 4.90 Å². The summed E-state index contributed by atoms with van der Waals surface area (Å²) >= 11 is 1.71. The molecule has 11 nitrogen and oxygen atoms in total. The molecule has 0 spiro atoms. The fourth-order valence-corrected chi connectivity index (χ4v) is 4.11. The Hall–Kier alpha value is -3.42. The van der Waals surface area contributed by atoms with E-state index in [1.807, 2.05) is 12.1 Å². The lowest BCUT2D eigenvalue weighted by atomic mass is 10.2. The van der Waals surface area contributed by atoms with Crippen molar-refractivity contribution in [3.05, 3.63) is 54.1 Å². The van der Waals surface area contributed by atoms with E-state index >= 15 is 0 Å². The van der Waals surface area contributed by atoms with Crippen LogP contribution in [0.4, 0.5) is 5.69 Å². The number of ether oxygens (including phenoxy) is 1. The van der Waals surface area contributed by atoms with Gasteiger partial charge in [0.2, 0.25) is 11.8 Å². The van der Waals surface area contributed by atoms with E-state index in [2.05, 4.69) is 4.99 Å². The van der Waals surface area contributed by atoms with Gasteiger partial charge in [-0.3, -0.25) is 14.5 Å². The molecule has 1 fully saturated rings. The molecule has 200 valence electrons. The summed E-state index contributed by atoms with van der Waals surface area (Å²) in [4.78, 5) is 41.8. The van der Waals surface area contributed by atoms with Crippen LogP contribution in [-0.2, 0) is 19.7 Å². The molecule has 0 saturated carbocycles. The van der Waals surface area contributed by atoms with Crippen molar-refractivity contribution in [2.75, 3.05) is 18.6 Å². The summed E-state index contributed by atoms with van der Waals surface area (Å²) in [7, 11) is -3.92. The average molecular weight is 550 g/mol. The third kappa shape index (κ3) is 11.9. The van der Waals surface area contributed by atoms with Crippen molar-refractivity contribution < 1.29 is 32.1 Å². The van der Waals surface area contributed by atoms with Crippen LogP contribution >= 0.6 is 11.8 Å². The van der Waals surface area contributed by atoms with Crippen LogP contribution < -0.4 is 16.2 Å². The smallest absolute Gasteiger partial charge is 0.343 e. The number of benzene rings is 2. The minimum atomic E-state index is -3.92. The Kier molecular flexibility index (Phi) is 11.6. The second kappa shape index (κ2) is 14.4. The Morgan fingerprint density at radius 1 is 1.00 bits per heavy atom. The first kappa shape index (κ1) is 29.8. The fourth-order valence-electron chi connectivity index (χ4n) is 3.20. The zero-order chi connectivity index (χ0) is 27.4. The van der Waals surface area contributed by atoms with E-state index in [4.69, 9.17) is 29.2 Å². The van der Waals surface area contributed by atoms with Crippen molar-refractivity contribution in [2.45, 2.75) is 37.0 Å². The van der Waals surface area contributed by atoms with E-state index < -0.39 is 16.1 Å². The predicted octanol–water partition coefficient (Wildman–Crippen LogP) is 2.38. The quantitative estimate of drug-likeness (QED) is 0.0651. The maximum atomic E-state index is 12.3. The molecule has 2 aromatic rings. The topological polar surface area (TPSA) is 185 Å². The fraction of sp³-hybridized carbons (Fsp3) is 0.333. The summed E-state index contributed by atoms with van der Waals surface area (Å²) in [5, 5.41) is 0. The lowest BCUT2D eigenvalue weighted by molar-refractivity contribution is -0.138. The van der Waals surface area contributed by atoms with Crippen LogP contribution in [0.2, 0.25) is 0 Å². The molecule has 1 saturated heterocycles. The minimum Gasteiger partial charge on any atom is -0.748 e. The number of imide groups is 1. The molecule has 13 heteroatoms. The number of hydrogen-bond acceptors (Lipinski definition) is 9. The van der Waals surface area contributed by atoms with Crippen molar-refractivity contribution in [3.63, 3.8) is 0 Å². The Balaban J connectivity index is 0.000000877. The Morgan fingerprint density at radius 2 is 1.57 bits per heavy atom. The van der Waals surface area contributed by atoms with Gasteiger partial charge in [0, 0.05) is 30.5 Å². The molecular weight excluding hydrogens is 520 g/mol. The number of aliphatic imine (C=N–C) groups is 1. The number of likely N-dealkylation sites (tertiary alicyclic amines) is 1. The summed E-state index contributed by atoms with van der Waals surface area (Å²) in [5.41, 5.74) is 11.6. The number of carbonyl (C=O) groups is 3. The standard InChI is InChI=1S/C23H26N4O4S.CH4O3S/c24-23(25)26-17-6-4-16(5-7-17)22(30)31-18-8-10-19(11-9-18)32-15-3-1-2-14-27-20(28)12-13-21(27)29;1-5(2,3)4/h4-11H,1-3,12-15H2,(H4,24,25,26);1H3,(H,2,3,4)/p-1. The average Bonchev–Trinajstić information content (AvgIpc) is 3.13. The summed E-state index contributed by atoms with van der Waals surface area (Å²) in [6.45, 7) is 0.527. The van der Waals surface area contributed by atoms with Crippen LogP contribution in [0.15, 0.2) is 58.4 Å². The summed E-state index contributed by atoms with van der Waals surface area (Å²) in [6.07, 6.45) is 4.10. The molecule has 4 N–H and O–H groups in total. The Labute approximate surface area is 220 Å². The zero-order valence-electron chi connectivity index (χ0n) is 20.3. The highest BCUT2D eigenvalue weighted by molar-refractivity contribution is 7.99. The Bertz CT molecular complexity index is 1190. The van der Waals surface area contributed by atoms with E-state index in [0.717, 1.165) is 29.9 Å². The van der Waals surface area contributed by atoms with E-state index in [-0.39, 0.29) is 17.8 Å². The molecule has 0 unspecified atom stereocenters. The van der Waals surface area contributed by atoms with Crippen molar-refractivity contribution in [1.82, 2.24) is 4.90 Å². The molecule has 0 radical (unpaired) electrons. The maximum absolute atomic E-state index is 12.3. The first-order valence-electron chi connectivity index (χ1n) is 11.3. The van der Waals surface area contributed by atoms with Gasteiger partial charge in [0.25, 0.3) is 0 Å². The van der Waals surface area contributed by atoms with Gasteiger partial charge in [-0.2, -0.15) is 0 Å². The number of carbonyl (C=O) groups excluding carboxylic acids is 3. The second-order valence-corrected chi connectivity index (χ2v) is 10.6. The summed E-state index contributed by atoms with van der Waals surface area (Å²) in [5.74, 6) is 0.794. The number of nitrogens with two attached hydrogens (primary N) is 2. The molecule has 0 bridgehead atoms. The number of esters is 1. The molecule has 1 aliphatic rings. The number of nitrogens with zero attached hydrogens (tertiary/aromatic N) is 2. The van der Waals surface area contributed by atoms with Gasteiger partial charge in [0.15, 0.2) is 5.96 Å². The van der Waals surface area contributed by atoms with Crippen LogP contribution in [0.25, 0.3) is 0 Å². The predicted molar refractivity (Wildman–Crippen MR) is 139 cm³/mol. The van der Waals surface area contributed by atoms with Crippen molar-refractivity contribution in [3.8, 4) is 5.75 Å². The lowest BCUT2D eigenvalue weighted by Crippen LogP contribution is -2.29. The van der Waals surface area contributed by atoms with Gasteiger partial charge in [-0.25, -0.2) is 18.2 Å². The first-order valence-corrected chi connectivity index (χ1v) is 14.1. The van der Waals surface area contributed by atoms with E-state index in [0.29, 0.717) is 42.6 Å². The molecule has 0 atom stereocenters. The summed E-state index contributed by atoms with van der Waals surface area (Å²) < 4.78 is 32.6. The van der Waals surface area contributed by atoms with E-state index in [9.17, 15) is 14.4 Å². The monoisotopic (exact) mass is 549 g/mol. The molecule has 37 heavy (non-hydrogen) atoms. The molecule has 1 heterocycles. The zero-order valence-corrected chi connectivity index (χ0v) is 21.9. The van der Waals surface area contributed by atoms with Crippen LogP contribution in [0.5, 0.6) is 5.75 Å². The number of hydrogen-bond donors (Lipinski definition) is 2. The van der Waals surface area contributed by atoms with E-state index in [1.54, 1.807) is 48.2 Å². The largest absolute Gasteiger partial charge is 0.748 e. The summed E-state index contributed by atoms with van der Waals surface area (Å²) in [6, 6.07) is 13.8. The first-order chi connectivity index (χ1) is 17.4. The third-order valence-corrected chi connectivity index (χ3v) is 5.94. The Morgan fingerprint density at radius 3 is 2.11 bits per heavy atom. The highest BCUT2D eigenvalue weighted by Crippen LogP contribution is 2.24. The third-order valence-electron chi connectivity index (χ3n) is 4.85. The molecule has 0 aromatic heterocycles. The molecule has 2 amide bonds. The van der Waals surface area contributed by atoms with Crippen molar-refractivity contribution in [1.29, 1.82) is 0 Å².